The minimum absolute atomic E-state index is 0.292. The number of hydrogen-bond acceptors (Lipinski definition) is 4. The highest BCUT2D eigenvalue weighted by atomic mass is 19.1. The maximum atomic E-state index is 13.7. The number of aliphatic hydroxyl groups excluding tert-OH is 1. The Morgan fingerprint density at radius 3 is 2.03 bits per heavy atom. The molecule has 0 aromatic heterocycles. The van der Waals surface area contributed by atoms with E-state index in [0.717, 1.165) is 23.3 Å². The van der Waals surface area contributed by atoms with Gasteiger partial charge in [-0.2, -0.15) is 0 Å². The molecule has 202 valence electrons. The van der Waals surface area contributed by atoms with Gasteiger partial charge in [-0.15, -0.1) is 0 Å². The Morgan fingerprint density at radius 2 is 1.44 bits per heavy atom. The maximum Gasteiger partial charge on any atom is 0.254 e. The third-order valence-corrected chi connectivity index (χ3v) is 6.72. The lowest BCUT2D eigenvalue weighted by atomic mass is 9.90. The molecular weight excluding hydrogens is 504 g/mol. The van der Waals surface area contributed by atoms with E-state index in [4.69, 9.17) is 0 Å². The van der Waals surface area contributed by atoms with E-state index in [1.54, 1.807) is 11.9 Å². The Balaban J connectivity index is 1.54. The Bertz CT molecular complexity index is 1350. The van der Waals surface area contributed by atoms with Gasteiger partial charge in [0.05, 0.1) is 6.04 Å². The summed E-state index contributed by atoms with van der Waals surface area (Å²) < 4.78 is 27.1. The third-order valence-electron chi connectivity index (χ3n) is 6.72. The fourth-order valence-electron chi connectivity index (χ4n) is 4.61. The second-order valence-corrected chi connectivity index (χ2v) is 9.45. The van der Waals surface area contributed by atoms with E-state index in [1.807, 2.05) is 72.8 Å². The number of rotatable bonds is 7. The van der Waals surface area contributed by atoms with Gasteiger partial charge in [-0.05, 0) is 35.7 Å². The topological polar surface area (TPSA) is 98.7 Å². The summed E-state index contributed by atoms with van der Waals surface area (Å²) in [5.74, 6) is -4.41. The van der Waals surface area contributed by atoms with Crippen molar-refractivity contribution < 1.29 is 28.3 Å². The monoisotopic (exact) mass is 533 g/mol. The van der Waals surface area contributed by atoms with Gasteiger partial charge in [0.2, 0.25) is 11.8 Å². The number of carbonyl (C=O) groups is 3. The van der Waals surface area contributed by atoms with Crippen LogP contribution in [0.4, 0.5) is 8.78 Å². The van der Waals surface area contributed by atoms with E-state index in [1.165, 1.54) is 6.92 Å². The molecule has 0 spiro atoms. The molecule has 0 bridgehead atoms. The summed E-state index contributed by atoms with van der Waals surface area (Å²) >= 11 is 0. The lowest BCUT2D eigenvalue weighted by Crippen LogP contribution is -2.55. The minimum Gasteiger partial charge on any atom is -0.378 e. The minimum atomic E-state index is -1.90. The van der Waals surface area contributed by atoms with Crippen LogP contribution in [0.25, 0.3) is 0 Å². The molecule has 3 amide bonds. The molecule has 39 heavy (non-hydrogen) atoms. The Labute approximate surface area is 225 Å². The Hall–Kier alpha value is -4.37. The van der Waals surface area contributed by atoms with Crippen molar-refractivity contribution in [2.75, 3.05) is 7.05 Å². The van der Waals surface area contributed by atoms with Crippen LogP contribution in [0.15, 0.2) is 91.0 Å². The van der Waals surface area contributed by atoms with Crippen LogP contribution >= 0.6 is 0 Å². The average Bonchev–Trinajstić information content (AvgIpc) is 3.04. The summed E-state index contributed by atoms with van der Waals surface area (Å²) in [6, 6.07) is 18.5. The number of likely N-dealkylation sites (N-methyl/N-ethyl adjacent to an activating group) is 1. The standard InChI is InChI=1S/C30H29F2N3O4/c1-18(33-29(38)27(36)21-15-22(31)17-23(32)16-21)28(37)34-26-24(19-9-5-3-6-10-19)13-14-25(35(2)30(26)39)20-11-7-4-8-12-20/h3-18,24-27,36H,1-2H3,(H,33,38)(H,34,37)/t18-,24+,25-,26-,27-/m0/s1. The average molecular weight is 534 g/mol. The predicted molar refractivity (Wildman–Crippen MR) is 141 cm³/mol. The first-order valence-electron chi connectivity index (χ1n) is 12.5. The molecular formula is C30H29F2N3O4. The second kappa shape index (κ2) is 12.0. The lowest BCUT2D eigenvalue weighted by molar-refractivity contribution is -0.138. The molecule has 3 aromatic carbocycles. The van der Waals surface area contributed by atoms with E-state index < -0.39 is 47.6 Å². The van der Waals surface area contributed by atoms with Crippen LogP contribution < -0.4 is 10.6 Å². The molecule has 5 atom stereocenters. The largest absolute Gasteiger partial charge is 0.378 e. The summed E-state index contributed by atoms with van der Waals surface area (Å²) in [4.78, 5) is 41.0. The zero-order valence-corrected chi connectivity index (χ0v) is 21.4. The molecule has 4 rings (SSSR count). The van der Waals surface area contributed by atoms with Crippen molar-refractivity contribution in [3.8, 4) is 0 Å². The summed E-state index contributed by atoms with van der Waals surface area (Å²) in [7, 11) is 1.66. The number of halogens is 2. The molecule has 3 N–H and O–H groups in total. The van der Waals surface area contributed by atoms with Crippen LogP contribution in [0.2, 0.25) is 0 Å². The molecule has 1 aliphatic heterocycles. The van der Waals surface area contributed by atoms with Crippen molar-refractivity contribution in [3.05, 3.63) is 119 Å². The Kier molecular flexibility index (Phi) is 8.51. The highest BCUT2D eigenvalue weighted by Gasteiger charge is 2.37. The van der Waals surface area contributed by atoms with Crippen LogP contribution in [0, 0.1) is 11.6 Å². The number of amides is 3. The van der Waals surface area contributed by atoms with Crippen molar-refractivity contribution in [2.45, 2.75) is 37.1 Å². The van der Waals surface area contributed by atoms with Gasteiger partial charge >= 0.3 is 0 Å². The van der Waals surface area contributed by atoms with Gasteiger partial charge in [0.25, 0.3) is 5.91 Å². The SMILES string of the molecule is C[C@H](NC(=O)[C@@H](O)c1cc(F)cc(F)c1)C(=O)N[C@@H]1C(=O)N(C)[C@H](c2ccccc2)C=C[C@@H]1c1ccccc1. The van der Waals surface area contributed by atoms with Crippen molar-refractivity contribution >= 4 is 17.7 Å². The van der Waals surface area contributed by atoms with Gasteiger partial charge in [0.15, 0.2) is 6.10 Å². The molecule has 0 saturated heterocycles. The van der Waals surface area contributed by atoms with Crippen molar-refractivity contribution in [1.82, 2.24) is 15.5 Å². The highest BCUT2D eigenvalue weighted by Crippen LogP contribution is 2.32. The first-order valence-corrected chi connectivity index (χ1v) is 12.5. The zero-order valence-electron chi connectivity index (χ0n) is 21.4. The third kappa shape index (κ3) is 6.38. The maximum absolute atomic E-state index is 13.7. The van der Waals surface area contributed by atoms with Crippen LogP contribution in [-0.4, -0.2) is 46.9 Å². The van der Waals surface area contributed by atoms with Crippen LogP contribution in [0.3, 0.4) is 0 Å². The number of nitrogens with one attached hydrogen (secondary N) is 2. The molecule has 1 aliphatic rings. The van der Waals surface area contributed by atoms with E-state index >= 15 is 0 Å². The van der Waals surface area contributed by atoms with Gasteiger partial charge in [-0.25, -0.2) is 8.78 Å². The second-order valence-electron chi connectivity index (χ2n) is 9.45. The summed E-state index contributed by atoms with van der Waals surface area (Å²) in [5, 5.41) is 15.4. The smallest absolute Gasteiger partial charge is 0.254 e. The van der Waals surface area contributed by atoms with E-state index in [2.05, 4.69) is 10.6 Å². The number of benzene rings is 3. The molecule has 0 saturated carbocycles. The number of nitrogens with zero attached hydrogens (tertiary/aromatic N) is 1. The van der Waals surface area contributed by atoms with Gasteiger partial charge < -0.3 is 20.6 Å². The van der Waals surface area contributed by atoms with E-state index in [0.29, 0.717) is 6.07 Å². The van der Waals surface area contributed by atoms with Crippen LogP contribution in [0.5, 0.6) is 0 Å². The number of carbonyl (C=O) groups excluding carboxylic acids is 3. The summed E-state index contributed by atoms with van der Waals surface area (Å²) in [6.07, 6.45) is 1.92. The molecule has 1 heterocycles. The fourth-order valence-corrected chi connectivity index (χ4v) is 4.61. The van der Waals surface area contributed by atoms with Gasteiger partial charge in [-0.1, -0.05) is 72.8 Å². The van der Waals surface area contributed by atoms with Crippen molar-refractivity contribution in [2.24, 2.45) is 0 Å². The molecule has 0 fully saturated rings. The van der Waals surface area contributed by atoms with Gasteiger partial charge in [0.1, 0.15) is 23.7 Å². The molecule has 0 unspecified atom stereocenters. The molecule has 3 aromatic rings. The summed E-state index contributed by atoms with van der Waals surface area (Å²) in [5.41, 5.74) is 1.43. The quantitative estimate of drug-likeness (QED) is 0.405. The van der Waals surface area contributed by atoms with Crippen LogP contribution in [0.1, 0.15) is 41.7 Å². The first kappa shape index (κ1) is 27.7. The lowest BCUT2D eigenvalue weighted by Gasteiger charge is -2.31. The first-order chi connectivity index (χ1) is 18.7. The predicted octanol–water partition coefficient (Wildman–Crippen LogP) is 3.54. The van der Waals surface area contributed by atoms with Crippen molar-refractivity contribution in [3.63, 3.8) is 0 Å². The zero-order chi connectivity index (χ0) is 28.1. The van der Waals surface area contributed by atoms with Crippen LogP contribution in [-0.2, 0) is 14.4 Å². The molecule has 9 heteroatoms. The summed E-state index contributed by atoms with van der Waals surface area (Å²) in [6.45, 7) is 1.39. The normalized spacial score (nSPS) is 20.6. The number of aliphatic hydroxyl groups is 1. The van der Waals surface area contributed by atoms with Gasteiger partial charge in [-0.3, -0.25) is 14.4 Å². The number of hydrogen-bond donors (Lipinski definition) is 3. The molecule has 0 radical (unpaired) electrons. The van der Waals surface area contributed by atoms with E-state index in [9.17, 15) is 28.3 Å². The van der Waals surface area contributed by atoms with Crippen molar-refractivity contribution in [1.29, 1.82) is 0 Å². The highest BCUT2D eigenvalue weighted by molar-refractivity contribution is 5.93. The fraction of sp³-hybridized carbons (Fsp3) is 0.233. The van der Waals surface area contributed by atoms with E-state index in [-0.39, 0.29) is 17.5 Å². The molecule has 0 aliphatic carbocycles. The molecule has 7 nitrogen and oxygen atoms in total. The Morgan fingerprint density at radius 1 is 0.872 bits per heavy atom. The van der Waals surface area contributed by atoms with Gasteiger partial charge in [0, 0.05) is 19.0 Å².